The van der Waals surface area contributed by atoms with E-state index in [9.17, 15) is 9.59 Å². The minimum absolute atomic E-state index is 0.0138. The normalized spacial score (nSPS) is 30.7. The molecule has 1 saturated heterocycles. The molecule has 2 fully saturated rings. The van der Waals surface area contributed by atoms with Gasteiger partial charge in [-0.2, -0.15) is 10.2 Å². The maximum absolute atomic E-state index is 12.8. The first-order valence-corrected chi connectivity index (χ1v) is 18.1. The molecule has 11 heteroatoms. The zero-order chi connectivity index (χ0) is 42.0. The Kier molecular flexibility index (Phi) is 10.2. The predicted octanol–water partition coefficient (Wildman–Crippen LogP) is 8.36. The van der Waals surface area contributed by atoms with Gasteiger partial charge in [0.15, 0.2) is 11.9 Å². The van der Waals surface area contributed by atoms with Gasteiger partial charge in [-0.25, -0.2) is 11.4 Å². The molecule has 4 aliphatic carbocycles. The van der Waals surface area contributed by atoms with Crippen LogP contribution < -0.4 is 0 Å². The van der Waals surface area contributed by atoms with E-state index in [2.05, 4.69) is 47.8 Å². The highest BCUT2D eigenvalue weighted by Gasteiger charge is 2.83. The largest absolute Gasteiger partial charge is 0.424 e. The number of aryl methyl sites for hydroxylation is 2. The van der Waals surface area contributed by atoms with Crippen LogP contribution in [0.4, 0.5) is 0 Å². The number of fused-ring (bicyclic) bond motifs is 8. The standard InChI is InChI=1S/C21H21N3O2.C21H21N3O.2CH4.H2O2/c1-12-15-11-10-14-16(13-8-6-5-7-9-13)24(4)23-17(14)20(15,2)19-21(22-3,26-19)18(12)25;1-13-16-11-10-15-18(14-8-6-5-7-9-14)24(4)23-20(15)21(16,2)12-17(22-3)19(13)25;;;1-2/h5-9,12,15,19H,10-11H2,1-2,4H3;5-9,12-13,16H,10-11H2,1-2,4H3;2*1H4;1-2H/t12-,15-,19+,20-,21-;13-,16-,21-;;;/m00.../s1/i;;2*1T;. The lowest BCUT2D eigenvalue weighted by molar-refractivity contribution is -0.176. The van der Waals surface area contributed by atoms with Crippen LogP contribution in [-0.2, 0) is 52.1 Å². The van der Waals surface area contributed by atoms with Gasteiger partial charge in [-0.1, -0.05) is 109 Å². The maximum Gasteiger partial charge on any atom is 0.424 e. The molecule has 11 nitrogen and oxygen atoms in total. The quantitative estimate of drug-likeness (QED) is 0.0912. The number of hydrogen-bond acceptors (Lipinski definition) is 7. The van der Waals surface area contributed by atoms with Gasteiger partial charge in [-0.15, -0.1) is 0 Å². The van der Waals surface area contributed by atoms with Crippen molar-refractivity contribution >= 4 is 11.6 Å². The molecule has 0 radical (unpaired) electrons. The number of hydrogen-bond donors (Lipinski definition) is 2. The Labute approximate surface area is 327 Å². The lowest BCUT2D eigenvalue weighted by atomic mass is 9.55. The van der Waals surface area contributed by atoms with Crippen molar-refractivity contribution in [1.29, 1.82) is 0 Å². The maximum atomic E-state index is 12.8. The summed E-state index contributed by atoms with van der Waals surface area (Å²) in [6.45, 7) is 23.2. The second kappa shape index (κ2) is 14.8. The van der Waals surface area contributed by atoms with Gasteiger partial charge in [0.05, 0.1) is 34.8 Å². The first kappa shape index (κ1) is 38.1. The van der Waals surface area contributed by atoms with E-state index >= 15 is 0 Å². The Morgan fingerprint density at radius 1 is 0.818 bits per heavy atom. The molecule has 4 aromatic rings. The number of nitrogens with zero attached hydrogens (tertiary/aromatic N) is 6. The fourth-order valence-electron chi connectivity index (χ4n) is 10.3. The summed E-state index contributed by atoms with van der Waals surface area (Å²) in [5, 5.41) is 21.8. The lowest BCUT2D eigenvalue weighted by Gasteiger charge is -2.44. The molecule has 8 atom stereocenters. The van der Waals surface area contributed by atoms with Crippen molar-refractivity contribution in [3.8, 4) is 22.5 Å². The number of benzene rings is 2. The van der Waals surface area contributed by atoms with Crippen LogP contribution in [0, 0.1) is 36.8 Å². The van der Waals surface area contributed by atoms with Gasteiger partial charge in [-0.05, 0) is 37.5 Å². The molecule has 0 spiro atoms. The van der Waals surface area contributed by atoms with Crippen LogP contribution in [0.3, 0.4) is 0 Å². The van der Waals surface area contributed by atoms with E-state index in [1.807, 2.05) is 79.8 Å². The molecular formula is C44H52N6O5. The molecule has 1 aliphatic heterocycles. The highest BCUT2D eigenvalue weighted by Crippen LogP contribution is 2.63. The van der Waals surface area contributed by atoms with Crippen LogP contribution in [0.2, 0.25) is 0 Å². The average Bonchev–Trinajstić information content (AvgIpc) is 3.79. The number of carbonyl (C=O) groups excluding carboxylic acids is 2. The topological polar surface area (TPSA) is 131 Å². The Hall–Kier alpha value is -5.20. The summed E-state index contributed by atoms with van der Waals surface area (Å²) in [6.07, 6.45) is 5.21. The van der Waals surface area contributed by atoms with Crippen molar-refractivity contribution in [2.45, 2.75) is 90.8 Å². The minimum atomic E-state index is -1.27. The minimum Gasteiger partial charge on any atom is -0.308 e. The first-order valence-electron chi connectivity index (χ1n) is 20.1. The van der Waals surface area contributed by atoms with Crippen molar-refractivity contribution in [2.75, 3.05) is 0 Å². The summed E-state index contributed by atoms with van der Waals surface area (Å²) in [5.41, 5.74) is 7.40. The number of rotatable bonds is 2. The molecule has 0 bridgehead atoms. The molecule has 288 valence electrons. The van der Waals surface area contributed by atoms with E-state index in [0.717, 1.165) is 59.6 Å². The highest BCUT2D eigenvalue weighted by atomic mass is 17.0. The van der Waals surface area contributed by atoms with E-state index in [0.29, 0.717) is 0 Å². The Balaban J connectivity index is 0.000000193. The zero-order valence-electron chi connectivity index (χ0n) is 34.9. The molecule has 2 N–H and O–H groups in total. The molecule has 5 aliphatic rings. The van der Waals surface area contributed by atoms with Crippen LogP contribution >= 0.6 is 0 Å². The molecule has 9 rings (SSSR count). The fourth-order valence-corrected chi connectivity index (χ4v) is 10.3. The third-order valence-corrected chi connectivity index (χ3v) is 12.9. The number of carbonyl (C=O) groups is 2. The monoisotopic (exact) mass is 748 g/mol. The first-order chi connectivity index (χ1) is 27.4. The highest BCUT2D eigenvalue weighted by molar-refractivity contribution is 6.00. The number of ketones is 2. The van der Waals surface area contributed by atoms with Gasteiger partial charge >= 0.3 is 5.72 Å². The molecule has 1 saturated carbocycles. The summed E-state index contributed by atoms with van der Waals surface area (Å²) >= 11 is 0. The Bertz CT molecular complexity index is 2240. The number of Topliss-reactive ketones (excluding diaryl/α,β-unsaturated/α-hetero) is 2. The summed E-state index contributed by atoms with van der Waals surface area (Å²) in [6, 6.07) is 20.6. The summed E-state index contributed by atoms with van der Waals surface area (Å²) in [7, 11) is 6.46. The van der Waals surface area contributed by atoms with Gasteiger partial charge in [-0.3, -0.25) is 34.3 Å². The van der Waals surface area contributed by atoms with Crippen molar-refractivity contribution in [1.82, 2.24) is 19.6 Å². The third-order valence-electron chi connectivity index (χ3n) is 12.9. The fraction of sp³-hybridized carbons (Fsp3) is 0.455. The Morgan fingerprint density at radius 3 is 1.82 bits per heavy atom. The smallest absolute Gasteiger partial charge is 0.308 e. The zero-order valence-corrected chi connectivity index (χ0v) is 32.9. The van der Waals surface area contributed by atoms with Crippen molar-refractivity contribution in [3.05, 3.63) is 118 Å². The van der Waals surface area contributed by atoms with Gasteiger partial charge in [0.25, 0.3) is 5.78 Å². The van der Waals surface area contributed by atoms with Crippen molar-refractivity contribution in [3.63, 3.8) is 0 Å². The molecule has 0 amide bonds. The molecular weight excluding hydrogens is 693 g/mol. The van der Waals surface area contributed by atoms with Crippen LogP contribution in [0.1, 0.15) is 80.6 Å². The second-order valence-electron chi connectivity index (χ2n) is 15.4. The van der Waals surface area contributed by atoms with Crippen molar-refractivity contribution in [2.24, 2.45) is 37.8 Å². The van der Waals surface area contributed by atoms with E-state index in [1.165, 1.54) is 25.9 Å². The van der Waals surface area contributed by atoms with Gasteiger partial charge in [0.1, 0.15) is 0 Å². The molecule has 2 aromatic heterocycles. The van der Waals surface area contributed by atoms with Crippen LogP contribution in [0.15, 0.2) is 72.4 Å². The Morgan fingerprint density at radius 2 is 1.31 bits per heavy atom. The van der Waals surface area contributed by atoms with E-state index in [-0.39, 0.29) is 52.5 Å². The van der Waals surface area contributed by atoms with Crippen LogP contribution in [0.5, 0.6) is 0 Å². The van der Waals surface area contributed by atoms with E-state index in [4.69, 9.17) is 41.3 Å². The average molecular weight is 749 g/mol. The van der Waals surface area contributed by atoms with Gasteiger partial charge in [0, 0.05) is 56.3 Å². The van der Waals surface area contributed by atoms with Gasteiger partial charge < -0.3 is 4.79 Å². The number of ether oxygens (including phenoxy) is 1. The van der Waals surface area contributed by atoms with Crippen molar-refractivity contribution < 1.29 is 27.6 Å². The van der Waals surface area contributed by atoms with E-state index < -0.39 is 11.1 Å². The second-order valence-corrected chi connectivity index (χ2v) is 15.4. The van der Waals surface area contributed by atoms with Gasteiger partial charge in [0.2, 0.25) is 5.70 Å². The van der Waals surface area contributed by atoms with Crippen LogP contribution in [0.25, 0.3) is 32.2 Å². The summed E-state index contributed by atoms with van der Waals surface area (Å²) in [4.78, 5) is 32.3. The predicted molar refractivity (Wildman–Crippen MR) is 212 cm³/mol. The number of allylic oxidation sites excluding steroid dienone is 2. The number of epoxide rings is 1. The summed E-state index contributed by atoms with van der Waals surface area (Å²) in [5.74, 6) is 0.0142. The lowest BCUT2D eigenvalue weighted by Crippen LogP contribution is -2.55. The van der Waals surface area contributed by atoms with Crippen LogP contribution in [-0.4, -0.2) is 53.5 Å². The molecule has 2 aromatic carbocycles. The molecule has 3 heterocycles. The summed E-state index contributed by atoms with van der Waals surface area (Å²) < 4.78 is 21.2. The third kappa shape index (κ3) is 5.80. The van der Waals surface area contributed by atoms with E-state index in [1.54, 1.807) is 0 Å². The number of aromatic nitrogens is 4. The molecule has 55 heavy (non-hydrogen) atoms. The molecule has 0 unspecified atom stereocenters. The SMILES string of the molecule is OO.[3H]C.[3H]C.[C-]#[N+]C1=C[C@]2(C)c3nn(C)c(-c4ccccc4)c3CC[C@H]2[C@H](C)C1=O.[C-]#[N+][C@@]12O[C@@H]1[C@]1(C)c3nn(C)c(-c4ccccc4)c3CC[C@H]1[C@H](C)C2=O.